The molecular formula is C13H22N2O. The number of hydrogen-bond donors (Lipinski definition) is 0. The standard InChI is InChI=1S/C13H22N2O/c14-11-13(15-6-8-16-9-7-15)10-12-4-2-1-3-5-12/h12-13H,1-10H2. The van der Waals surface area contributed by atoms with E-state index < -0.39 is 0 Å². The highest BCUT2D eigenvalue weighted by atomic mass is 16.5. The molecule has 0 radical (unpaired) electrons. The maximum absolute atomic E-state index is 9.28. The summed E-state index contributed by atoms with van der Waals surface area (Å²) in [5.74, 6) is 0.793. The van der Waals surface area contributed by atoms with Crippen LogP contribution in [0.25, 0.3) is 0 Å². The molecule has 1 saturated heterocycles. The van der Waals surface area contributed by atoms with Gasteiger partial charge in [0, 0.05) is 13.1 Å². The summed E-state index contributed by atoms with van der Waals surface area (Å²) in [6.45, 7) is 3.46. The van der Waals surface area contributed by atoms with Gasteiger partial charge in [-0.05, 0) is 12.3 Å². The summed E-state index contributed by atoms with van der Waals surface area (Å²) in [6.07, 6.45) is 7.88. The van der Waals surface area contributed by atoms with Crippen molar-refractivity contribution in [3.63, 3.8) is 0 Å². The fourth-order valence-electron chi connectivity index (χ4n) is 2.91. The molecule has 0 spiro atoms. The van der Waals surface area contributed by atoms with Crippen molar-refractivity contribution in [1.82, 2.24) is 4.90 Å². The minimum Gasteiger partial charge on any atom is -0.379 e. The molecule has 0 bridgehead atoms. The van der Waals surface area contributed by atoms with Crippen LogP contribution in [0.4, 0.5) is 0 Å². The summed E-state index contributed by atoms with van der Waals surface area (Å²) < 4.78 is 5.33. The summed E-state index contributed by atoms with van der Waals surface area (Å²) in [5, 5.41) is 9.28. The monoisotopic (exact) mass is 222 g/mol. The molecule has 1 saturated carbocycles. The molecule has 16 heavy (non-hydrogen) atoms. The summed E-state index contributed by atoms with van der Waals surface area (Å²) in [7, 11) is 0. The molecule has 1 aliphatic carbocycles. The van der Waals surface area contributed by atoms with Crippen LogP contribution in [0.2, 0.25) is 0 Å². The fourth-order valence-corrected chi connectivity index (χ4v) is 2.91. The van der Waals surface area contributed by atoms with E-state index in [4.69, 9.17) is 4.74 Å². The highest BCUT2D eigenvalue weighted by Gasteiger charge is 2.24. The molecular weight excluding hydrogens is 200 g/mol. The lowest BCUT2D eigenvalue weighted by Crippen LogP contribution is -2.43. The third kappa shape index (κ3) is 3.20. The maximum atomic E-state index is 9.28. The first kappa shape index (κ1) is 11.9. The highest BCUT2D eigenvalue weighted by molar-refractivity contribution is 4.94. The lowest BCUT2D eigenvalue weighted by atomic mass is 9.84. The van der Waals surface area contributed by atoms with E-state index in [1.54, 1.807) is 0 Å². The van der Waals surface area contributed by atoms with E-state index in [2.05, 4.69) is 11.0 Å². The lowest BCUT2D eigenvalue weighted by molar-refractivity contribution is 0.0217. The molecule has 3 heteroatoms. The van der Waals surface area contributed by atoms with Gasteiger partial charge >= 0.3 is 0 Å². The molecule has 0 N–H and O–H groups in total. The smallest absolute Gasteiger partial charge is 0.0982 e. The van der Waals surface area contributed by atoms with Crippen LogP contribution in [0.5, 0.6) is 0 Å². The van der Waals surface area contributed by atoms with Crippen LogP contribution in [0.1, 0.15) is 38.5 Å². The number of ether oxygens (including phenoxy) is 1. The van der Waals surface area contributed by atoms with Crippen molar-refractivity contribution < 1.29 is 4.74 Å². The first-order valence-electron chi connectivity index (χ1n) is 6.61. The minimum absolute atomic E-state index is 0.131. The molecule has 1 atom stereocenters. The van der Waals surface area contributed by atoms with E-state index in [9.17, 15) is 5.26 Å². The first-order valence-corrected chi connectivity index (χ1v) is 6.61. The largest absolute Gasteiger partial charge is 0.379 e. The third-order valence-corrected chi connectivity index (χ3v) is 3.92. The maximum Gasteiger partial charge on any atom is 0.0982 e. The van der Waals surface area contributed by atoms with Crippen molar-refractivity contribution in [3.05, 3.63) is 0 Å². The second-order valence-electron chi connectivity index (χ2n) is 5.03. The van der Waals surface area contributed by atoms with Crippen LogP contribution in [-0.2, 0) is 4.74 Å². The Morgan fingerprint density at radius 3 is 2.50 bits per heavy atom. The third-order valence-electron chi connectivity index (χ3n) is 3.92. The van der Waals surface area contributed by atoms with Crippen LogP contribution in [-0.4, -0.2) is 37.2 Å². The Bertz CT molecular complexity index is 237. The summed E-state index contributed by atoms with van der Waals surface area (Å²) in [6, 6.07) is 2.62. The van der Waals surface area contributed by atoms with Gasteiger partial charge in [-0.1, -0.05) is 32.1 Å². The topological polar surface area (TPSA) is 36.3 Å². The molecule has 3 nitrogen and oxygen atoms in total. The van der Waals surface area contributed by atoms with E-state index >= 15 is 0 Å². The predicted octanol–water partition coefficient (Wildman–Crippen LogP) is 2.18. The van der Waals surface area contributed by atoms with Gasteiger partial charge in [0.15, 0.2) is 0 Å². The van der Waals surface area contributed by atoms with Crippen LogP contribution in [0, 0.1) is 17.2 Å². The van der Waals surface area contributed by atoms with Crippen molar-refractivity contribution >= 4 is 0 Å². The Balaban J connectivity index is 1.81. The molecule has 0 aromatic rings. The van der Waals surface area contributed by atoms with Gasteiger partial charge in [-0.25, -0.2) is 0 Å². The summed E-state index contributed by atoms with van der Waals surface area (Å²) >= 11 is 0. The van der Waals surface area contributed by atoms with Crippen molar-refractivity contribution in [1.29, 1.82) is 5.26 Å². The highest BCUT2D eigenvalue weighted by Crippen LogP contribution is 2.28. The second kappa shape index (κ2) is 6.22. The average molecular weight is 222 g/mol. The Kier molecular flexibility index (Phi) is 4.62. The Labute approximate surface area is 98.4 Å². The van der Waals surface area contributed by atoms with Gasteiger partial charge in [-0.15, -0.1) is 0 Å². The van der Waals surface area contributed by atoms with E-state index in [-0.39, 0.29) is 6.04 Å². The zero-order chi connectivity index (χ0) is 11.2. The van der Waals surface area contributed by atoms with E-state index in [1.807, 2.05) is 0 Å². The summed E-state index contributed by atoms with van der Waals surface area (Å²) in [4.78, 5) is 2.30. The molecule has 2 rings (SSSR count). The molecule has 2 aliphatic rings. The summed E-state index contributed by atoms with van der Waals surface area (Å²) in [5.41, 5.74) is 0. The van der Waals surface area contributed by atoms with Gasteiger partial charge in [0.2, 0.25) is 0 Å². The predicted molar refractivity (Wildman–Crippen MR) is 63.0 cm³/mol. The van der Waals surface area contributed by atoms with E-state index in [0.717, 1.165) is 38.6 Å². The van der Waals surface area contributed by atoms with Crippen LogP contribution in [0.15, 0.2) is 0 Å². The SMILES string of the molecule is N#CC(CC1CCCCC1)N1CCOCC1. The molecule has 0 amide bonds. The lowest BCUT2D eigenvalue weighted by Gasteiger charge is -2.33. The Morgan fingerprint density at radius 2 is 1.88 bits per heavy atom. The zero-order valence-electron chi connectivity index (χ0n) is 10.0. The Hall–Kier alpha value is -0.590. The van der Waals surface area contributed by atoms with Crippen molar-refractivity contribution in [2.45, 2.75) is 44.6 Å². The molecule has 1 heterocycles. The van der Waals surface area contributed by atoms with E-state index in [1.165, 1.54) is 32.1 Å². The van der Waals surface area contributed by atoms with Gasteiger partial charge in [0.05, 0.1) is 25.3 Å². The van der Waals surface area contributed by atoms with Crippen molar-refractivity contribution in [2.24, 2.45) is 5.92 Å². The van der Waals surface area contributed by atoms with Gasteiger partial charge < -0.3 is 4.74 Å². The van der Waals surface area contributed by atoms with Gasteiger partial charge in [0.25, 0.3) is 0 Å². The first-order chi connectivity index (χ1) is 7.90. The minimum atomic E-state index is 0.131. The zero-order valence-corrected chi connectivity index (χ0v) is 10.0. The normalized spacial score (nSPS) is 26.2. The fraction of sp³-hybridized carbons (Fsp3) is 0.923. The molecule has 0 aromatic carbocycles. The van der Waals surface area contributed by atoms with E-state index in [0.29, 0.717) is 0 Å². The Morgan fingerprint density at radius 1 is 1.19 bits per heavy atom. The average Bonchev–Trinajstić information content (AvgIpc) is 2.38. The molecule has 90 valence electrons. The second-order valence-corrected chi connectivity index (χ2v) is 5.03. The number of hydrogen-bond acceptors (Lipinski definition) is 3. The van der Waals surface area contributed by atoms with Gasteiger partial charge in [-0.3, -0.25) is 4.90 Å². The van der Waals surface area contributed by atoms with Crippen molar-refractivity contribution in [3.8, 4) is 6.07 Å². The number of nitriles is 1. The number of nitrogens with zero attached hydrogens (tertiary/aromatic N) is 2. The van der Waals surface area contributed by atoms with Crippen molar-refractivity contribution in [2.75, 3.05) is 26.3 Å². The number of rotatable bonds is 3. The quantitative estimate of drug-likeness (QED) is 0.734. The van der Waals surface area contributed by atoms with Crippen LogP contribution < -0.4 is 0 Å². The van der Waals surface area contributed by atoms with Crippen LogP contribution in [0.3, 0.4) is 0 Å². The van der Waals surface area contributed by atoms with Gasteiger partial charge in [-0.2, -0.15) is 5.26 Å². The van der Waals surface area contributed by atoms with Gasteiger partial charge in [0.1, 0.15) is 0 Å². The molecule has 0 aromatic heterocycles. The number of morpholine rings is 1. The molecule has 1 aliphatic heterocycles. The molecule has 2 fully saturated rings. The van der Waals surface area contributed by atoms with Crippen LogP contribution >= 0.6 is 0 Å². The molecule has 1 unspecified atom stereocenters.